The third kappa shape index (κ3) is 3.76. The lowest BCUT2D eigenvalue weighted by molar-refractivity contribution is 0.103. The summed E-state index contributed by atoms with van der Waals surface area (Å²) in [6.07, 6.45) is 3.64. The molecule has 0 bridgehead atoms. The van der Waals surface area contributed by atoms with Gasteiger partial charge in [-0.05, 0) is 26.0 Å². The number of hydrogen-bond donors (Lipinski definition) is 1. The van der Waals surface area contributed by atoms with E-state index in [1.165, 1.54) is 22.7 Å². The Labute approximate surface area is 192 Å². The average Bonchev–Trinajstić information content (AvgIpc) is 3.56. The van der Waals surface area contributed by atoms with Gasteiger partial charge in [0.05, 0.1) is 16.3 Å². The van der Waals surface area contributed by atoms with Gasteiger partial charge in [-0.1, -0.05) is 41.7 Å². The molecule has 0 aliphatic heterocycles. The van der Waals surface area contributed by atoms with Gasteiger partial charge in [-0.25, -0.2) is 15.0 Å². The maximum Gasteiger partial charge on any atom is 0.269 e. The Morgan fingerprint density at radius 3 is 2.56 bits per heavy atom. The molecule has 160 valence electrons. The van der Waals surface area contributed by atoms with E-state index >= 15 is 0 Å². The predicted molar refractivity (Wildman–Crippen MR) is 127 cm³/mol. The van der Waals surface area contributed by atoms with Crippen molar-refractivity contribution >= 4 is 33.7 Å². The Morgan fingerprint density at radius 2 is 1.88 bits per heavy atom. The molecule has 0 atom stereocenters. The lowest BCUT2D eigenvalue weighted by Crippen LogP contribution is -2.11. The number of carbonyl (C=O) groups excluding carboxylic acids is 1. The van der Waals surface area contributed by atoms with Crippen LogP contribution in [0.5, 0.6) is 0 Å². The second-order valence-corrected chi connectivity index (χ2v) is 9.22. The zero-order valence-corrected chi connectivity index (χ0v) is 19.3. The standard InChI is InChI=1S/C23H19N5O2S2/c1-13-9-10-16(30-13)22-25-14(2)18(31-22)21(29)27-23-26-17(15-7-5-4-6-8-15)19(32-23)20-24-11-12-28(20)3/h4-12H,1-3H3,(H,26,27,29). The van der Waals surface area contributed by atoms with Gasteiger partial charge in [-0.3, -0.25) is 10.1 Å². The van der Waals surface area contributed by atoms with Crippen molar-refractivity contribution in [1.82, 2.24) is 19.5 Å². The van der Waals surface area contributed by atoms with Crippen LogP contribution in [0.2, 0.25) is 0 Å². The number of benzene rings is 1. The summed E-state index contributed by atoms with van der Waals surface area (Å²) in [6, 6.07) is 13.6. The molecule has 0 aliphatic rings. The van der Waals surface area contributed by atoms with Gasteiger partial charge in [0, 0.05) is 25.0 Å². The Hall–Kier alpha value is -3.56. The number of amides is 1. The Morgan fingerprint density at radius 1 is 1.06 bits per heavy atom. The van der Waals surface area contributed by atoms with E-state index < -0.39 is 0 Å². The molecule has 5 aromatic rings. The van der Waals surface area contributed by atoms with E-state index in [1.54, 1.807) is 6.20 Å². The fraction of sp³-hybridized carbons (Fsp3) is 0.130. The van der Waals surface area contributed by atoms with Crippen LogP contribution >= 0.6 is 22.7 Å². The first kappa shape index (κ1) is 20.3. The Balaban J connectivity index is 1.48. The van der Waals surface area contributed by atoms with Crippen molar-refractivity contribution in [3.8, 4) is 32.7 Å². The molecule has 0 saturated carbocycles. The van der Waals surface area contributed by atoms with Crippen molar-refractivity contribution in [2.24, 2.45) is 7.05 Å². The van der Waals surface area contributed by atoms with Crippen LogP contribution in [0.15, 0.2) is 59.3 Å². The van der Waals surface area contributed by atoms with Gasteiger partial charge in [0.25, 0.3) is 5.91 Å². The summed E-state index contributed by atoms with van der Waals surface area (Å²) in [4.78, 5) is 28.2. The van der Waals surface area contributed by atoms with Gasteiger partial charge in [-0.15, -0.1) is 11.3 Å². The molecule has 9 heteroatoms. The van der Waals surface area contributed by atoms with E-state index in [4.69, 9.17) is 9.40 Å². The third-order valence-corrected chi connectivity index (χ3v) is 7.01. The largest absolute Gasteiger partial charge is 0.459 e. The molecular weight excluding hydrogens is 442 g/mol. The summed E-state index contributed by atoms with van der Waals surface area (Å²) in [5.74, 6) is 2.02. The number of nitrogens with zero attached hydrogens (tertiary/aromatic N) is 4. The van der Waals surface area contributed by atoms with Crippen LogP contribution in [-0.4, -0.2) is 25.4 Å². The second-order valence-electron chi connectivity index (χ2n) is 7.22. The SMILES string of the molecule is Cc1ccc(-c2nc(C)c(C(=O)Nc3nc(-c4ccccc4)c(-c4nccn4C)s3)s2)o1. The molecule has 0 spiro atoms. The van der Waals surface area contributed by atoms with Crippen LogP contribution in [0.25, 0.3) is 32.7 Å². The van der Waals surface area contributed by atoms with E-state index in [-0.39, 0.29) is 5.91 Å². The number of furan rings is 1. The molecule has 7 nitrogen and oxygen atoms in total. The molecule has 0 aliphatic carbocycles. The van der Waals surface area contributed by atoms with Crippen LogP contribution in [0.3, 0.4) is 0 Å². The highest BCUT2D eigenvalue weighted by atomic mass is 32.1. The minimum Gasteiger partial charge on any atom is -0.459 e. The number of hydrogen-bond acceptors (Lipinski definition) is 7. The molecule has 4 aromatic heterocycles. The maximum absolute atomic E-state index is 13.1. The Kier molecular flexibility index (Phi) is 5.20. The first-order valence-corrected chi connectivity index (χ1v) is 11.5. The van der Waals surface area contributed by atoms with Crippen molar-refractivity contribution in [1.29, 1.82) is 0 Å². The molecule has 1 aromatic carbocycles. The molecule has 0 fully saturated rings. The lowest BCUT2D eigenvalue weighted by atomic mass is 10.1. The van der Waals surface area contributed by atoms with E-state index in [0.717, 1.165) is 27.7 Å². The molecule has 0 saturated heterocycles. The van der Waals surface area contributed by atoms with E-state index in [0.29, 0.717) is 26.5 Å². The molecule has 5 rings (SSSR count). The predicted octanol–water partition coefficient (Wildman–Crippen LogP) is 5.80. The highest BCUT2D eigenvalue weighted by Crippen LogP contribution is 2.38. The van der Waals surface area contributed by atoms with Crippen LogP contribution in [0.4, 0.5) is 5.13 Å². The highest BCUT2D eigenvalue weighted by Gasteiger charge is 2.22. The van der Waals surface area contributed by atoms with Gasteiger partial charge in [0.15, 0.2) is 21.7 Å². The molecule has 4 heterocycles. The molecule has 32 heavy (non-hydrogen) atoms. The number of rotatable bonds is 5. The van der Waals surface area contributed by atoms with Gasteiger partial charge in [0.1, 0.15) is 10.6 Å². The number of carbonyl (C=O) groups is 1. The zero-order valence-electron chi connectivity index (χ0n) is 17.6. The van der Waals surface area contributed by atoms with Gasteiger partial charge < -0.3 is 8.98 Å². The fourth-order valence-corrected chi connectivity index (χ4v) is 5.26. The van der Waals surface area contributed by atoms with Crippen molar-refractivity contribution < 1.29 is 9.21 Å². The summed E-state index contributed by atoms with van der Waals surface area (Å²) in [7, 11) is 1.94. The van der Waals surface area contributed by atoms with Gasteiger partial charge in [0.2, 0.25) is 0 Å². The highest BCUT2D eigenvalue weighted by molar-refractivity contribution is 7.20. The zero-order chi connectivity index (χ0) is 22.2. The fourth-order valence-electron chi connectivity index (χ4n) is 3.32. The molecule has 1 N–H and O–H groups in total. The first-order valence-electron chi connectivity index (χ1n) is 9.89. The quantitative estimate of drug-likeness (QED) is 0.358. The van der Waals surface area contributed by atoms with Crippen molar-refractivity contribution in [2.75, 3.05) is 5.32 Å². The van der Waals surface area contributed by atoms with Crippen LogP contribution in [0.1, 0.15) is 21.1 Å². The van der Waals surface area contributed by atoms with Crippen LogP contribution in [-0.2, 0) is 7.05 Å². The summed E-state index contributed by atoms with van der Waals surface area (Å²) in [5.41, 5.74) is 2.40. The topological polar surface area (TPSA) is 85.8 Å². The number of anilines is 1. The number of thiazole rings is 2. The second kappa shape index (κ2) is 8.18. The summed E-state index contributed by atoms with van der Waals surface area (Å²) < 4.78 is 7.59. The number of nitrogens with one attached hydrogen (secondary N) is 1. The number of aryl methyl sites for hydroxylation is 3. The van der Waals surface area contributed by atoms with E-state index in [2.05, 4.69) is 15.3 Å². The molecule has 1 amide bonds. The third-order valence-electron chi connectivity index (χ3n) is 4.87. The number of imidazole rings is 1. The summed E-state index contributed by atoms with van der Waals surface area (Å²) >= 11 is 2.71. The van der Waals surface area contributed by atoms with Crippen LogP contribution < -0.4 is 5.32 Å². The summed E-state index contributed by atoms with van der Waals surface area (Å²) in [5, 5.41) is 4.14. The maximum atomic E-state index is 13.1. The lowest BCUT2D eigenvalue weighted by Gasteiger charge is -2.02. The average molecular weight is 462 g/mol. The minimum absolute atomic E-state index is 0.241. The minimum atomic E-state index is -0.241. The van der Waals surface area contributed by atoms with E-state index in [1.807, 2.05) is 74.1 Å². The van der Waals surface area contributed by atoms with Gasteiger partial charge in [-0.2, -0.15) is 0 Å². The normalized spacial score (nSPS) is 11.1. The van der Waals surface area contributed by atoms with Crippen molar-refractivity contribution in [3.63, 3.8) is 0 Å². The molecule has 0 unspecified atom stereocenters. The van der Waals surface area contributed by atoms with Crippen LogP contribution in [0, 0.1) is 13.8 Å². The molecular formula is C23H19N5O2S2. The first-order chi connectivity index (χ1) is 15.5. The Bertz CT molecular complexity index is 1410. The van der Waals surface area contributed by atoms with Gasteiger partial charge >= 0.3 is 0 Å². The van der Waals surface area contributed by atoms with E-state index in [9.17, 15) is 4.79 Å². The summed E-state index contributed by atoms with van der Waals surface area (Å²) in [6.45, 7) is 3.70. The number of aromatic nitrogens is 4. The smallest absolute Gasteiger partial charge is 0.269 e. The van der Waals surface area contributed by atoms with Crippen molar-refractivity contribution in [2.45, 2.75) is 13.8 Å². The monoisotopic (exact) mass is 461 g/mol. The molecule has 0 radical (unpaired) electrons. The van der Waals surface area contributed by atoms with Crippen molar-refractivity contribution in [3.05, 3.63) is 71.2 Å².